The van der Waals surface area contributed by atoms with Crippen molar-refractivity contribution in [1.29, 1.82) is 0 Å². The first kappa shape index (κ1) is 13.1. The average molecular weight is 283 g/mol. The number of pyridine rings is 1. The van der Waals surface area contributed by atoms with Gasteiger partial charge in [-0.3, -0.25) is 4.98 Å². The zero-order valence-corrected chi connectivity index (χ0v) is 11.2. The van der Waals surface area contributed by atoms with Crippen LogP contribution in [0.5, 0.6) is 11.5 Å². The molecule has 2 rings (SSSR count). The second-order valence-corrected chi connectivity index (χ2v) is 4.73. The molecule has 3 nitrogen and oxygen atoms in total. The zero-order chi connectivity index (χ0) is 13.1. The van der Waals surface area contributed by atoms with Crippen molar-refractivity contribution >= 4 is 23.2 Å². The SMILES string of the molecule is CC(N)c1ccc(Oc2cc(Cl)ccc2Cl)cn1. The van der Waals surface area contributed by atoms with Gasteiger partial charge in [0.15, 0.2) is 0 Å². The number of halogens is 2. The van der Waals surface area contributed by atoms with E-state index in [1.807, 2.05) is 13.0 Å². The van der Waals surface area contributed by atoms with E-state index < -0.39 is 0 Å². The summed E-state index contributed by atoms with van der Waals surface area (Å²) in [5.74, 6) is 1.09. The minimum Gasteiger partial charge on any atom is -0.454 e. The van der Waals surface area contributed by atoms with E-state index in [-0.39, 0.29) is 6.04 Å². The Kier molecular flexibility index (Phi) is 4.07. The third-order valence-electron chi connectivity index (χ3n) is 2.35. The van der Waals surface area contributed by atoms with Crippen LogP contribution in [0.15, 0.2) is 36.5 Å². The van der Waals surface area contributed by atoms with Gasteiger partial charge in [-0.1, -0.05) is 23.2 Å². The smallest absolute Gasteiger partial charge is 0.147 e. The molecular weight excluding hydrogens is 271 g/mol. The Hall–Kier alpha value is -1.29. The third kappa shape index (κ3) is 3.13. The van der Waals surface area contributed by atoms with Gasteiger partial charge in [0.1, 0.15) is 11.5 Å². The highest BCUT2D eigenvalue weighted by molar-refractivity contribution is 6.34. The fraction of sp³-hybridized carbons (Fsp3) is 0.154. The molecule has 0 spiro atoms. The highest BCUT2D eigenvalue weighted by Crippen LogP contribution is 2.31. The maximum Gasteiger partial charge on any atom is 0.147 e. The normalized spacial score (nSPS) is 12.2. The van der Waals surface area contributed by atoms with Gasteiger partial charge < -0.3 is 10.5 Å². The summed E-state index contributed by atoms with van der Waals surface area (Å²) in [6, 6.07) is 8.55. The monoisotopic (exact) mass is 282 g/mol. The quantitative estimate of drug-likeness (QED) is 0.918. The van der Waals surface area contributed by atoms with Gasteiger partial charge in [-0.05, 0) is 31.2 Å². The van der Waals surface area contributed by atoms with E-state index in [2.05, 4.69) is 4.98 Å². The number of ether oxygens (including phenoxy) is 1. The van der Waals surface area contributed by atoms with Gasteiger partial charge in [0.25, 0.3) is 0 Å². The van der Waals surface area contributed by atoms with E-state index in [9.17, 15) is 0 Å². The van der Waals surface area contributed by atoms with Crippen LogP contribution in [0.1, 0.15) is 18.7 Å². The van der Waals surface area contributed by atoms with Crippen LogP contribution in [0.4, 0.5) is 0 Å². The molecule has 0 radical (unpaired) electrons. The van der Waals surface area contributed by atoms with E-state index in [1.165, 1.54) is 0 Å². The summed E-state index contributed by atoms with van der Waals surface area (Å²) in [6.45, 7) is 1.87. The lowest BCUT2D eigenvalue weighted by Gasteiger charge is -2.09. The molecule has 94 valence electrons. The molecule has 2 N–H and O–H groups in total. The highest BCUT2D eigenvalue weighted by Gasteiger charge is 2.06. The summed E-state index contributed by atoms with van der Waals surface area (Å²) in [5.41, 5.74) is 6.52. The van der Waals surface area contributed by atoms with Gasteiger partial charge in [-0.2, -0.15) is 0 Å². The molecule has 1 heterocycles. The van der Waals surface area contributed by atoms with Crippen LogP contribution in [0, 0.1) is 0 Å². The van der Waals surface area contributed by atoms with E-state index in [1.54, 1.807) is 30.5 Å². The number of aromatic nitrogens is 1. The van der Waals surface area contributed by atoms with Crippen molar-refractivity contribution in [2.75, 3.05) is 0 Å². The average Bonchev–Trinajstić information content (AvgIpc) is 2.34. The number of nitrogens with zero attached hydrogens (tertiary/aromatic N) is 1. The molecule has 0 saturated heterocycles. The Morgan fingerprint density at radius 3 is 2.61 bits per heavy atom. The predicted octanol–water partition coefficient (Wildman–Crippen LogP) is 4.20. The van der Waals surface area contributed by atoms with Gasteiger partial charge >= 0.3 is 0 Å². The standard InChI is InChI=1S/C13H12Cl2N2O/c1-8(16)12-5-3-10(7-17-12)18-13-6-9(14)2-4-11(13)15/h2-8H,16H2,1H3. The number of rotatable bonds is 3. The van der Waals surface area contributed by atoms with Crippen molar-refractivity contribution in [2.45, 2.75) is 13.0 Å². The van der Waals surface area contributed by atoms with E-state index in [0.717, 1.165) is 5.69 Å². The van der Waals surface area contributed by atoms with Crippen molar-refractivity contribution < 1.29 is 4.74 Å². The van der Waals surface area contributed by atoms with Gasteiger partial charge in [0, 0.05) is 17.1 Å². The largest absolute Gasteiger partial charge is 0.454 e. The van der Waals surface area contributed by atoms with Crippen LogP contribution in [0.2, 0.25) is 10.0 Å². The maximum atomic E-state index is 6.00. The first-order valence-corrected chi connectivity index (χ1v) is 6.16. The number of hydrogen-bond donors (Lipinski definition) is 1. The lowest BCUT2D eigenvalue weighted by molar-refractivity contribution is 0.479. The van der Waals surface area contributed by atoms with Crippen LogP contribution >= 0.6 is 23.2 Å². The molecule has 0 aliphatic rings. The lowest BCUT2D eigenvalue weighted by Crippen LogP contribution is -2.06. The van der Waals surface area contributed by atoms with E-state index in [4.69, 9.17) is 33.7 Å². The second-order valence-electron chi connectivity index (χ2n) is 3.88. The Bertz CT molecular complexity index is 541. The number of nitrogens with two attached hydrogens (primary N) is 1. The Balaban J connectivity index is 2.21. The Labute approximate surface area is 115 Å². The van der Waals surface area contributed by atoms with Crippen LogP contribution < -0.4 is 10.5 Å². The molecule has 0 bridgehead atoms. The molecule has 0 fully saturated rings. The first-order valence-electron chi connectivity index (χ1n) is 5.40. The van der Waals surface area contributed by atoms with Gasteiger partial charge in [0.2, 0.25) is 0 Å². The summed E-state index contributed by atoms with van der Waals surface area (Å²) in [4.78, 5) is 4.20. The van der Waals surface area contributed by atoms with Gasteiger partial charge in [0.05, 0.1) is 16.9 Å². The van der Waals surface area contributed by atoms with Gasteiger partial charge in [-0.15, -0.1) is 0 Å². The zero-order valence-electron chi connectivity index (χ0n) is 9.73. The first-order chi connectivity index (χ1) is 8.56. The van der Waals surface area contributed by atoms with Gasteiger partial charge in [-0.25, -0.2) is 0 Å². The maximum absolute atomic E-state index is 6.00. The Morgan fingerprint density at radius 1 is 1.22 bits per heavy atom. The molecule has 0 saturated carbocycles. The van der Waals surface area contributed by atoms with Crippen LogP contribution in [0.25, 0.3) is 0 Å². The minimum atomic E-state index is -0.103. The third-order valence-corrected chi connectivity index (χ3v) is 2.89. The second kappa shape index (κ2) is 5.57. The molecular formula is C13H12Cl2N2O. The fourth-order valence-electron chi connectivity index (χ4n) is 1.40. The summed E-state index contributed by atoms with van der Waals surface area (Å²) in [5, 5.41) is 1.06. The molecule has 1 aromatic carbocycles. The molecule has 0 aliphatic heterocycles. The van der Waals surface area contributed by atoms with Crippen molar-refractivity contribution in [3.8, 4) is 11.5 Å². The summed E-state index contributed by atoms with van der Waals surface area (Å²) < 4.78 is 5.60. The molecule has 1 atom stereocenters. The molecule has 0 amide bonds. The lowest BCUT2D eigenvalue weighted by atomic mass is 10.2. The highest BCUT2D eigenvalue weighted by atomic mass is 35.5. The summed E-state index contributed by atoms with van der Waals surface area (Å²) >= 11 is 11.9. The van der Waals surface area contributed by atoms with Crippen LogP contribution in [-0.2, 0) is 0 Å². The topological polar surface area (TPSA) is 48.1 Å². The number of hydrogen-bond acceptors (Lipinski definition) is 3. The van der Waals surface area contributed by atoms with Crippen molar-refractivity contribution in [1.82, 2.24) is 4.98 Å². The molecule has 1 unspecified atom stereocenters. The minimum absolute atomic E-state index is 0.103. The summed E-state index contributed by atoms with van der Waals surface area (Å²) in [6.07, 6.45) is 1.61. The summed E-state index contributed by atoms with van der Waals surface area (Å²) in [7, 11) is 0. The van der Waals surface area contributed by atoms with Crippen molar-refractivity contribution in [2.24, 2.45) is 5.73 Å². The molecule has 1 aromatic heterocycles. The Morgan fingerprint density at radius 2 is 2.00 bits per heavy atom. The van der Waals surface area contributed by atoms with E-state index in [0.29, 0.717) is 21.5 Å². The van der Waals surface area contributed by atoms with Crippen LogP contribution in [-0.4, -0.2) is 4.98 Å². The van der Waals surface area contributed by atoms with Crippen LogP contribution in [0.3, 0.4) is 0 Å². The molecule has 2 aromatic rings. The van der Waals surface area contributed by atoms with E-state index >= 15 is 0 Å². The molecule has 5 heteroatoms. The van der Waals surface area contributed by atoms with Crippen molar-refractivity contribution in [3.05, 3.63) is 52.3 Å². The molecule has 0 aliphatic carbocycles. The number of benzene rings is 1. The predicted molar refractivity (Wildman–Crippen MR) is 73.4 cm³/mol. The van der Waals surface area contributed by atoms with Crippen molar-refractivity contribution in [3.63, 3.8) is 0 Å². The fourth-order valence-corrected chi connectivity index (χ4v) is 1.72. The molecule has 18 heavy (non-hydrogen) atoms.